The summed E-state index contributed by atoms with van der Waals surface area (Å²) in [4.78, 5) is 0. The van der Waals surface area contributed by atoms with E-state index in [1.807, 2.05) is 41.0 Å². The molecule has 6 aromatic carbocycles. The van der Waals surface area contributed by atoms with Crippen LogP contribution in [0.4, 0.5) is 8.78 Å². The van der Waals surface area contributed by atoms with Crippen LogP contribution in [0.2, 0.25) is 0 Å². The van der Waals surface area contributed by atoms with E-state index in [0.717, 1.165) is 43.6 Å². The molecule has 0 fully saturated rings. The minimum absolute atomic E-state index is 0.0671. The molecule has 2 aromatic heterocycles. The van der Waals surface area contributed by atoms with Crippen molar-refractivity contribution in [1.29, 1.82) is 5.26 Å². The van der Waals surface area contributed by atoms with Crippen molar-refractivity contribution in [2.75, 3.05) is 0 Å². The number of para-hydroxylation sites is 2. The molecule has 0 aliphatic carbocycles. The number of hydrogen-bond donors (Lipinski definition) is 0. The van der Waals surface area contributed by atoms with E-state index in [-0.39, 0.29) is 16.4 Å². The minimum Gasteiger partial charge on any atom is -0.309 e. The lowest BCUT2D eigenvalue weighted by molar-refractivity contribution is 0.589. The van der Waals surface area contributed by atoms with Gasteiger partial charge in [-0.3, -0.25) is 0 Å². The second-order valence-electron chi connectivity index (χ2n) is 15.3. The molecule has 8 aromatic rings. The summed E-state index contributed by atoms with van der Waals surface area (Å²) in [5.74, 6) is -1.34. The van der Waals surface area contributed by atoms with Gasteiger partial charge in [0, 0.05) is 27.1 Å². The molecule has 50 heavy (non-hydrogen) atoms. The van der Waals surface area contributed by atoms with Crippen molar-refractivity contribution in [2.24, 2.45) is 0 Å². The van der Waals surface area contributed by atoms with Gasteiger partial charge >= 0.3 is 0 Å². The Balaban J connectivity index is 1.52. The Labute approximate surface area is 290 Å². The average Bonchev–Trinajstić information content (AvgIpc) is 3.59. The van der Waals surface area contributed by atoms with Crippen LogP contribution in [0.5, 0.6) is 0 Å². The summed E-state index contributed by atoms with van der Waals surface area (Å²) in [7, 11) is 0. The summed E-state index contributed by atoms with van der Waals surface area (Å²) in [6, 6.07) is 39.0. The molecular weight excluding hydrogens is 621 g/mol. The second-order valence-corrected chi connectivity index (χ2v) is 15.3. The fourth-order valence-corrected chi connectivity index (χ4v) is 7.39. The van der Waals surface area contributed by atoms with E-state index in [1.54, 1.807) is 12.1 Å². The first-order valence-corrected chi connectivity index (χ1v) is 17.0. The van der Waals surface area contributed by atoms with E-state index >= 15 is 8.78 Å². The van der Waals surface area contributed by atoms with E-state index in [9.17, 15) is 5.26 Å². The molecule has 3 nitrogen and oxygen atoms in total. The standard InChI is InChI=1S/C45H37F2N3/c1-44(2,3)28-18-20-39-32(23-28)30-12-7-9-16-37(30)49(39)41-25-34(43-35(46)14-11-15-36(43)47)42(22-27(41)26-48)50-38-17-10-8-13-31(38)33-24-29(45(4,5)6)19-21-40(33)50/h7-25H,1-6H3. The van der Waals surface area contributed by atoms with E-state index in [4.69, 9.17) is 0 Å². The lowest BCUT2D eigenvalue weighted by Crippen LogP contribution is -2.10. The van der Waals surface area contributed by atoms with E-state index in [2.05, 4.69) is 101 Å². The molecule has 5 heteroatoms. The van der Waals surface area contributed by atoms with E-state index in [0.29, 0.717) is 22.5 Å². The zero-order valence-corrected chi connectivity index (χ0v) is 29.1. The third-order valence-electron chi connectivity index (χ3n) is 10.0. The maximum absolute atomic E-state index is 16.0. The fraction of sp³-hybridized carbons (Fsp3) is 0.178. The van der Waals surface area contributed by atoms with Crippen LogP contribution in [0, 0.1) is 23.0 Å². The van der Waals surface area contributed by atoms with Crippen molar-refractivity contribution < 1.29 is 8.78 Å². The predicted molar refractivity (Wildman–Crippen MR) is 203 cm³/mol. The van der Waals surface area contributed by atoms with Gasteiger partial charge < -0.3 is 9.13 Å². The summed E-state index contributed by atoms with van der Waals surface area (Å²) >= 11 is 0. The minimum atomic E-state index is -0.672. The third kappa shape index (κ3) is 4.82. The zero-order chi connectivity index (χ0) is 35.1. The van der Waals surface area contributed by atoms with Crippen molar-refractivity contribution in [1.82, 2.24) is 9.13 Å². The van der Waals surface area contributed by atoms with Crippen molar-refractivity contribution in [3.63, 3.8) is 0 Å². The lowest BCUT2D eigenvalue weighted by atomic mass is 9.86. The topological polar surface area (TPSA) is 33.6 Å². The van der Waals surface area contributed by atoms with Crippen LogP contribution in [-0.2, 0) is 10.8 Å². The Morgan fingerprint density at radius 1 is 0.500 bits per heavy atom. The maximum atomic E-state index is 16.0. The monoisotopic (exact) mass is 657 g/mol. The zero-order valence-electron chi connectivity index (χ0n) is 29.1. The Morgan fingerprint density at radius 3 is 1.44 bits per heavy atom. The molecule has 0 amide bonds. The molecule has 0 atom stereocenters. The Bertz CT molecular complexity index is 2690. The quantitative estimate of drug-likeness (QED) is 0.186. The lowest BCUT2D eigenvalue weighted by Gasteiger charge is -2.21. The highest BCUT2D eigenvalue weighted by molar-refractivity contribution is 6.11. The highest BCUT2D eigenvalue weighted by atomic mass is 19.1. The van der Waals surface area contributed by atoms with E-state index in [1.165, 1.54) is 29.3 Å². The maximum Gasteiger partial charge on any atom is 0.134 e. The van der Waals surface area contributed by atoms with Crippen LogP contribution in [0.15, 0.2) is 115 Å². The van der Waals surface area contributed by atoms with E-state index < -0.39 is 11.6 Å². The van der Waals surface area contributed by atoms with Gasteiger partial charge in [0.25, 0.3) is 0 Å². The molecule has 0 saturated heterocycles. The van der Waals surface area contributed by atoms with Gasteiger partial charge in [0.1, 0.15) is 17.7 Å². The molecule has 8 rings (SSSR count). The number of halogens is 2. The van der Waals surface area contributed by atoms with Crippen LogP contribution < -0.4 is 0 Å². The van der Waals surface area contributed by atoms with Gasteiger partial charge in [-0.1, -0.05) is 96.1 Å². The van der Waals surface area contributed by atoms with Crippen molar-refractivity contribution in [3.8, 4) is 28.6 Å². The van der Waals surface area contributed by atoms with Gasteiger partial charge in [-0.2, -0.15) is 5.26 Å². The van der Waals surface area contributed by atoms with Gasteiger partial charge in [0.2, 0.25) is 0 Å². The molecule has 2 heterocycles. The molecule has 0 radical (unpaired) electrons. The largest absolute Gasteiger partial charge is 0.309 e. The Morgan fingerprint density at radius 2 is 0.960 bits per heavy atom. The normalized spacial score (nSPS) is 12.4. The second kappa shape index (κ2) is 11.1. The highest BCUT2D eigenvalue weighted by Gasteiger charge is 2.26. The molecule has 0 aliphatic rings. The van der Waals surface area contributed by atoms with Gasteiger partial charge in [0.15, 0.2) is 0 Å². The molecule has 0 spiro atoms. The van der Waals surface area contributed by atoms with Crippen molar-refractivity contribution in [2.45, 2.75) is 52.4 Å². The predicted octanol–water partition coefficient (Wildman–Crippen LogP) is 12.3. The SMILES string of the molecule is CC(C)(C)c1ccc2c(c1)c1ccccc1n2-c1cc(-c2c(F)cccc2F)c(-n2c3ccccc3c3cc(C(C)(C)C)ccc32)cc1C#N. The first-order chi connectivity index (χ1) is 23.9. The first kappa shape index (κ1) is 31.5. The summed E-state index contributed by atoms with van der Waals surface area (Å²) in [5, 5.41) is 15.0. The number of nitriles is 1. The Kier molecular flexibility index (Phi) is 7.03. The summed E-state index contributed by atoms with van der Waals surface area (Å²) in [6.07, 6.45) is 0. The molecular formula is C45H37F2N3. The first-order valence-electron chi connectivity index (χ1n) is 17.0. The number of benzene rings is 6. The molecule has 0 bridgehead atoms. The Hall–Kier alpha value is -5.73. The number of fused-ring (bicyclic) bond motifs is 6. The summed E-state index contributed by atoms with van der Waals surface area (Å²) in [5.41, 5.74) is 7.51. The van der Waals surface area contributed by atoms with Crippen LogP contribution in [-0.4, -0.2) is 9.13 Å². The van der Waals surface area contributed by atoms with Crippen LogP contribution in [0.1, 0.15) is 58.2 Å². The van der Waals surface area contributed by atoms with Gasteiger partial charge in [-0.25, -0.2) is 8.78 Å². The van der Waals surface area contributed by atoms with Crippen LogP contribution >= 0.6 is 0 Å². The van der Waals surface area contributed by atoms with Gasteiger partial charge in [-0.15, -0.1) is 0 Å². The van der Waals surface area contributed by atoms with Crippen LogP contribution in [0.3, 0.4) is 0 Å². The third-order valence-corrected chi connectivity index (χ3v) is 10.0. The summed E-state index contributed by atoms with van der Waals surface area (Å²) < 4.78 is 36.0. The average molecular weight is 658 g/mol. The number of aromatic nitrogens is 2. The summed E-state index contributed by atoms with van der Waals surface area (Å²) in [6.45, 7) is 13.1. The van der Waals surface area contributed by atoms with Gasteiger partial charge in [0.05, 0.1) is 44.6 Å². The number of hydrogen-bond acceptors (Lipinski definition) is 1. The molecule has 246 valence electrons. The molecule has 0 saturated carbocycles. The number of rotatable bonds is 3. The van der Waals surface area contributed by atoms with Crippen molar-refractivity contribution >= 4 is 43.6 Å². The molecule has 0 N–H and O–H groups in total. The van der Waals surface area contributed by atoms with Crippen molar-refractivity contribution in [3.05, 3.63) is 144 Å². The highest BCUT2D eigenvalue weighted by Crippen LogP contribution is 2.43. The fourth-order valence-electron chi connectivity index (χ4n) is 7.39. The smallest absolute Gasteiger partial charge is 0.134 e. The molecule has 0 aliphatic heterocycles. The van der Waals surface area contributed by atoms with Crippen LogP contribution in [0.25, 0.3) is 66.1 Å². The number of nitrogens with zero attached hydrogens (tertiary/aromatic N) is 3. The molecule has 0 unspecified atom stereocenters. The van der Waals surface area contributed by atoms with Gasteiger partial charge in [-0.05, 0) is 82.6 Å².